The summed E-state index contributed by atoms with van der Waals surface area (Å²) in [5, 5.41) is 8.37. The molecule has 0 aliphatic carbocycles. The van der Waals surface area contributed by atoms with Gasteiger partial charge in [-0.05, 0) is 25.2 Å². The smallest absolute Gasteiger partial charge is 0.376 e. The van der Waals surface area contributed by atoms with E-state index < -0.39 is 21.4 Å². The number of hydrogen-bond acceptors (Lipinski definition) is 4. The Kier molecular flexibility index (Phi) is 4.97. The Balaban J connectivity index is 5.13. The van der Waals surface area contributed by atoms with Crippen molar-refractivity contribution in [2.45, 2.75) is 12.4 Å². The van der Waals surface area contributed by atoms with Gasteiger partial charge in [0, 0.05) is 5.57 Å². The van der Waals surface area contributed by atoms with Gasteiger partial charge in [-0.2, -0.15) is 26.9 Å². The van der Waals surface area contributed by atoms with Crippen LogP contribution in [0.5, 0.6) is 0 Å². The summed E-state index contributed by atoms with van der Waals surface area (Å²) >= 11 is 0. The van der Waals surface area contributed by atoms with Crippen molar-refractivity contribution in [3.05, 3.63) is 36.1 Å². The Morgan fingerprint density at radius 2 is 1.94 bits per heavy atom. The second-order valence-corrected chi connectivity index (χ2v) is 4.26. The van der Waals surface area contributed by atoms with Gasteiger partial charge in [-0.15, -0.1) is 0 Å². The Morgan fingerprint density at radius 1 is 1.41 bits per heavy atom. The van der Waals surface area contributed by atoms with Crippen LogP contribution in [0.3, 0.4) is 0 Å². The predicted molar refractivity (Wildman–Crippen MR) is 53.7 cm³/mol. The lowest BCUT2D eigenvalue weighted by Crippen LogP contribution is -2.25. The molecule has 0 fully saturated rings. The van der Waals surface area contributed by atoms with E-state index in [1.807, 2.05) is 0 Å². The van der Waals surface area contributed by atoms with Crippen molar-refractivity contribution >= 4 is 10.1 Å². The monoisotopic (exact) mass is 267 g/mol. The zero-order chi connectivity index (χ0) is 13.7. The molecule has 0 atom stereocenters. The van der Waals surface area contributed by atoms with Gasteiger partial charge < -0.3 is 4.18 Å². The summed E-state index contributed by atoms with van der Waals surface area (Å²) in [7, 11) is -5.72. The van der Waals surface area contributed by atoms with Crippen molar-refractivity contribution in [2.75, 3.05) is 0 Å². The van der Waals surface area contributed by atoms with Gasteiger partial charge in [-0.3, -0.25) is 0 Å². The summed E-state index contributed by atoms with van der Waals surface area (Å²) in [6.07, 6.45) is 2.78. The quantitative estimate of drug-likeness (QED) is 0.258. The maximum atomic E-state index is 12.0. The van der Waals surface area contributed by atoms with Gasteiger partial charge in [0.15, 0.2) is 0 Å². The average molecular weight is 267 g/mol. The van der Waals surface area contributed by atoms with Gasteiger partial charge in [0.2, 0.25) is 0 Å². The van der Waals surface area contributed by atoms with E-state index in [9.17, 15) is 21.6 Å². The van der Waals surface area contributed by atoms with Crippen LogP contribution in [0, 0.1) is 11.3 Å². The minimum atomic E-state index is -5.72. The second kappa shape index (κ2) is 5.54. The molecule has 0 amide bonds. The molecule has 0 aromatic carbocycles. The van der Waals surface area contributed by atoms with Crippen LogP contribution in [0.25, 0.3) is 0 Å². The van der Waals surface area contributed by atoms with Crippen LogP contribution in [0.15, 0.2) is 36.1 Å². The van der Waals surface area contributed by atoms with E-state index in [0.717, 1.165) is 18.2 Å². The minimum Gasteiger partial charge on any atom is -0.376 e. The summed E-state index contributed by atoms with van der Waals surface area (Å²) in [6, 6.07) is 1.69. The van der Waals surface area contributed by atoms with Crippen LogP contribution in [0.4, 0.5) is 13.2 Å². The highest BCUT2D eigenvalue weighted by molar-refractivity contribution is 7.87. The lowest BCUT2D eigenvalue weighted by atomic mass is 10.3. The van der Waals surface area contributed by atoms with Crippen LogP contribution >= 0.6 is 0 Å². The SMILES string of the molecule is C=C/C(=C\C=C(/C)C#N)OS(=O)(=O)C(F)(F)F. The normalized spacial score (nSPS) is 14.1. The number of nitriles is 1. The van der Waals surface area contributed by atoms with Crippen LogP contribution in [0.2, 0.25) is 0 Å². The molecule has 8 heteroatoms. The molecule has 0 saturated carbocycles. The average Bonchev–Trinajstić information content (AvgIpc) is 2.21. The van der Waals surface area contributed by atoms with Crippen molar-refractivity contribution < 1.29 is 25.8 Å². The van der Waals surface area contributed by atoms with Crippen LogP contribution < -0.4 is 0 Å². The van der Waals surface area contributed by atoms with E-state index >= 15 is 0 Å². The third-order valence-electron chi connectivity index (χ3n) is 1.36. The number of allylic oxidation sites excluding steroid dienone is 4. The summed E-state index contributed by atoms with van der Waals surface area (Å²) in [5.41, 5.74) is -5.35. The van der Waals surface area contributed by atoms with Gasteiger partial charge in [0.25, 0.3) is 0 Å². The number of nitrogens with zero attached hydrogens (tertiary/aromatic N) is 1. The third kappa shape index (κ3) is 4.74. The minimum absolute atomic E-state index is 0.164. The van der Waals surface area contributed by atoms with Crippen LogP contribution in [-0.4, -0.2) is 13.9 Å². The van der Waals surface area contributed by atoms with Crippen molar-refractivity contribution in [1.82, 2.24) is 0 Å². The van der Waals surface area contributed by atoms with Gasteiger partial charge in [0.05, 0.1) is 6.07 Å². The Morgan fingerprint density at radius 3 is 2.29 bits per heavy atom. The van der Waals surface area contributed by atoms with E-state index in [1.165, 1.54) is 6.92 Å². The second-order valence-electron chi connectivity index (χ2n) is 2.72. The van der Waals surface area contributed by atoms with Crippen molar-refractivity contribution in [3.63, 3.8) is 0 Å². The molecule has 0 aliphatic rings. The molecule has 0 spiro atoms. The molecule has 0 rings (SSSR count). The molecule has 0 radical (unpaired) electrons. The van der Waals surface area contributed by atoms with E-state index in [2.05, 4.69) is 10.8 Å². The molecular formula is C9H8F3NO3S. The predicted octanol–water partition coefficient (Wildman–Crippen LogP) is 2.39. The highest BCUT2D eigenvalue weighted by atomic mass is 32.2. The van der Waals surface area contributed by atoms with Crippen LogP contribution in [0.1, 0.15) is 6.92 Å². The number of halogens is 3. The first-order valence-electron chi connectivity index (χ1n) is 4.06. The molecule has 0 bridgehead atoms. The topological polar surface area (TPSA) is 67.2 Å². The molecule has 0 N–H and O–H groups in total. The lowest BCUT2D eigenvalue weighted by Gasteiger charge is -2.09. The van der Waals surface area contributed by atoms with Gasteiger partial charge in [-0.1, -0.05) is 6.58 Å². The molecule has 0 saturated heterocycles. The first-order chi connectivity index (χ1) is 7.64. The lowest BCUT2D eigenvalue weighted by molar-refractivity contribution is -0.0519. The zero-order valence-corrected chi connectivity index (χ0v) is 9.47. The fourth-order valence-corrected chi connectivity index (χ4v) is 1.02. The summed E-state index contributed by atoms with van der Waals surface area (Å²) in [5.74, 6) is -0.628. The maximum absolute atomic E-state index is 12.0. The Labute approximate surface area is 96.4 Å². The summed E-state index contributed by atoms with van der Waals surface area (Å²) < 4.78 is 60.9. The van der Waals surface area contributed by atoms with Gasteiger partial charge in [-0.25, -0.2) is 0 Å². The van der Waals surface area contributed by atoms with Crippen molar-refractivity contribution in [2.24, 2.45) is 0 Å². The summed E-state index contributed by atoms with van der Waals surface area (Å²) in [4.78, 5) is 0. The highest BCUT2D eigenvalue weighted by Gasteiger charge is 2.48. The Bertz CT molecular complexity index is 495. The van der Waals surface area contributed by atoms with Crippen molar-refractivity contribution in [3.8, 4) is 6.07 Å². The molecule has 17 heavy (non-hydrogen) atoms. The summed E-state index contributed by atoms with van der Waals surface area (Å²) in [6.45, 7) is 4.48. The fourth-order valence-electron chi connectivity index (χ4n) is 0.548. The molecule has 94 valence electrons. The van der Waals surface area contributed by atoms with Gasteiger partial charge >= 0.3 is 15.6 Å². The van der Waals surface area contributed by atoms with E-state index in [0.29, 0.717) is 0 Å². The highest BCUT2D eigenvalue weighted by Crippen LogP contribution is 2.26. The maximum Gasteiger partial charge on any atom is 0.534 e. The number of rotatable bonds is 4. The number of hydrogen-bond donors (Lipinski definition) is 0. The van der Waals surface area contributed by atoms with E-state index in [-0.39, 0.29) is 5.57 Å². The molecular weight excluding hydrogens is 259 g/mol. The third-order valence-corrected chi connectivity index (χ3v) is 2.34. The molecule has 0 aliphatic heterocycles. The first kappa shape index (κ1) is 15.2. The molecule has 0 unspecified atom stereocenters. The van der Waals surface area contributed by atoms with E-state index in [1.54, 1.807) is 6.07 Å². The molecule has 0 heterocycles. The van der Waals surface area contributed by atoms with Crippen LogP contribution in [-0.2, 0) is 14.3 Å². The standard InChI is InChI=1S/C9H8F3NO3S/c1-3-8(5-4-7(2)6-13)16-17(14,15)9(10,11)12/h3-5H,1H2,2H3/b7-4+,8-5+. The fraction of sp³-hybridized carbons (Fsp3) is 0.222. The largest absolute Gasteiger partial charge is 0.534 e. The van der Waals surface area contributed by atoms with Crippen molar-refractivity contribution in [1.29, 1.82) is 5.26 Å². The molecule has 4 nitrogen and oxygen atoms in total. The molecule has 0 aromatic heterocycles. The van der Waals surface area contributed by atoms with E-state index in [4.69, 9.17) is 5.26 Å². The Hall–Kier alpha value is -1.75. The zero-order valence-electron chi connectivity index (χ0n) is 8.65. The number of alkyl halides is 3. The first-order valence-corrected chi connectivity index (χ1v) is 5.46. The van der Waals surface area contributed by atoms with Gasteiger partial charge in [0.1, 0.15) is 5.76 Å². The molecule has 0 aromatic rings.